The zero-order valence-electron chi connectivity index (χ0n) is 9.85. The van der Waals surface area contributed by atoms with Crippen molar-refractivity contribution in [1.29, 1.82) is 0 Å². The van der Waals surface area contributed by atoms with Gasteiger partial charge in [-0.3, -0.25) is 4.79 Å². The molecule has 4 heteroatoms. The monoisotopic (exact) mass is 235 g/mol. The third kappa shape index (κ3) is 4.28. The summed E-state index contributed by atoms with van der Waals surface area (Å²) in [5.74, 6) is -0.241. The van der Waals surface area contributed by atoms with Gasteiger partial charge in [0, 0.05) is 0 Å². The summed E-state index contributed by atoms with van der Waals surface area (Å²) in [5, 5.41) is 12.1. The number of rotatable bonds is 6. The molecule has 92 valence electrons. The number of phenolic OH excluding ortho intramolecular Hbond substituents is 1. The van der Waals surface area contributed by atoms with Crippen LogP contribution in [0.5, 0.6) is 5.75 Å². The molecule has 0 heterocycles. The molecular weight excluding hydrogens is 218 g/mol. The number of benzene rings is 1. The fourth-order valence-corrected chi connectivity index (χ4v) is 1.22. The Morgan fingerprint density at radius 3 is 2.94 bits per heavy atom. The predicted molar refractivity (Wildman–Crippen MR) is 67.0 cm³/mol. The summed E-state index contributed by atoms with van der Waals surface area (Å²) in [5.41, 5.74) is 0.386. The van der Waals surface area contributed by atoms with Crippen LogP contribution >= 0.6 is 0 Å². The molecule has 1 rings (SSSR count). The number of hydrogen-bond donors (Lipinski definition) is 2. The van der Waals surface area contributed by atoms with E-state index in [4.69, 9.17) is 4.74 Å². The van der Waals surface area contributed by atoms with Crippen LogP contribution in [0.4, 0.5) is 5.69 Å². The van der Waals surface area contributed by atoms with Crippen LogP contribution in [0.3, 0.4) is 0 Å². The van der Waals surface area contributed by atoms with E-state index in [1.165, 1.54) is 6.07 Å². The Labute approximate surface area is 101 Å². The van der Waals surface area contributed by atoms with Crippen molar-refractivity contribution in [2.45, 2.75) is 19.4 Å². The molecule has 2 N–H and O–H groups in total. The van der Waals surface area contributed by atoms with Crippen molar-refractivity contribution in [3.05, 3.63) is 36.9 Å². The van der Waals surface area contributed by atoms with E-state index in [0.717, 1.165) is 0 Å². The van der Waals surface area contributed by atoms with E-state index in [0.29, 0.717) is 18.7 Å². The first-order valence-electron chi connectivity index (χ1n) is 5.46. The van der Waals surface area contributed by atoms with Crippen molar-refractivity contribution in [1.82, 2.24) is 0 Å². The Bertz CT molecular complexity index is 390. The molecule has 0 spiro atoms. The van der Waals surface area contributed by atoms with Crippen molar-refractivity contribution >= 4 is 11.6 Å². The summed E-state index contributed by atoms with van der Waals surface area (Å²) in [4.78, 5) is 11.7. The molecular formula is C13H17NO3. The van der Waals surface area contributed by atoms with Gasteiger partial charge in [0.05, 0.1) is 12.3 Å². The summed E-state index contributed by atoms with van der Waals surface area (Å²) in [6.45, 7) is 5.69. The number of aromatic hydroxyl groups is 1. The third-order valence-corrected chi connectivity index (χ3v) is 2.22. The minimum atomic E-state index is -0.561. The van der Waals surface area contributed by atoms with E-state index in [1.807, 2.05) is 0 Å². The SMILES string of the molecule is C=CCCOC(C)C(=O)Nc1ccccc1O. The Morgan fingerprint density at radius 1 is 1.59 bits per heavy atom. The lowest BCUT2D eigenvalue weighted by Crippen LogP contribution is -2.28. The van der Waals surface area contributed by atoms with Crippen LogP contribution in [-0.4, -0.2) is 23.7 Å². The van der Waals surface area contributed by atoms with Crippen molar-refractivity contribution in [2.75, 3.05) is 11.9 Å². The first-order chi connectivity index (χ1) is 8.15. The molecule has 1 unspecified atom stereocenters. The standard InChI is InChI=1S/C13H17NO3/c1-3-4-9-17-10(2)13(16)14-11-7-5-6-8-12(11)15/h3,5-8,10,15H,1,4,9H2,2H3,(H,14,16). The smallest absolute Gasteiger partial charge is 0.253 e. The molecule has 0 aliphatic rings. The molecule has 1 amide bonds. The second-order valence-electron chi connectivity index (χ2n) is 3.60. The largest absolute Gasteiger partial charge is 0.506 e. The van der Waals surface area contributed by atoms with Gasteiger partial charge in [0.1, 0.15) is 11.9 Å². The maximum Gasteiger partial charge on any atom is 0.253 e. The maximum atomic E-state index is 11.7. The van der Waals surface area contributed by atoms with Crippen LogP contribution in [0, 0.1) is 0 Å². The molecule has 0 saturated heterocycles. The summed E-state index contributed by atoms with van der Waals surface area (Å²) in [6, 6.07) is 6.57. The first kappa shape index (κ1) is 13.3. The highest BCUT2D eigenvalue weighted by Crippen LogP contribution is 2.21. The summed E-state index contributed by atoms with van der Waals surface area (Å²) in [7, 11) is 0. The van der Waals surface area contributed by atoms with Crippen LogP contribution in [0.25, 0.3) is 0 Å². The number of ether oxygens (including phenoxy) is 1. The van der Waals surface area contributed by atoms with Crippen LogP contribution < -0.4 is 5.32 Å². The van der Waals surface area contributed by atoms with Crippen molar-refractivity contribution < 1.29 is 14.6 Å². The summed E-state index contributed by atoms with van der Waals surface area (Å²) >= 11 is 0. The van der Waals surface area contributed by atoms with E-state index in [9.17, 15) is 9.90 Å². The van der Waals surface area contributed by atoms with Crippen molar-refractivity contribution in [3.63, 3.8) is 0 Å². The Balaban J connectivity index is 2.48. The Kier molecular flexibility index (Phi) is 5.23. The molecule has 0 aliphatic heterocycles. The second kappa shape index (κ2) is 6.70. The van der Waals surface area contributed by atoms with Gasteiger partial charge in [0.2, 0.25) is 0 Å². The minimum absolute atomic E-state index is 0.0409. The third-order valence-electron chi connectivity index (χ3n) is 2.22. The molecule has 1 atom stereocenters. The quantitative estimate of drug-likeness (QED) is 0.452. The number of nitrogens with one attached hydrogen (secondary N) is 1. The molecule has 0 saturated carbocycles. The summed E-state index contributed by atoms with van der Waals surface area (Å²) in [6.07, 6.45) is 1.87. The highest BCUT2D eigenvalue weighted by Gasteiger charge is 2.14. The lowest BCUT2D eigenvalue weighted by Gasteiger charge is -2.13. The van der Waals surface area contributed by atoms with Gasteiger partial charge in [-0.25, -0.2) is 0 Å². The van der Waals surface area contributed by atoms with Gasteiger partial charge in [0.25, 0.3) is 5.91 Å². The molecule has 0 aromatic heterocycles. The molecule has 0 bridgehead atoms. The fraction of sp³-hybridized carbons (Fsp3) is 0.308. The second-order valence-corrected chi connectivity index (χ2v) is 3.60. The average Bonchev–Trinajstić information content (AvgIpc) is 2.32. The lowest BCUT2D eigenvalue weighted by atomic mass is 10.2. The van der Waals surface area contributed by atoms with E-state index < -0.39 is 6.10 Å². The van der Waals surface area contributed by atoms with Gasteiger partial charge in [-0.05, 0) is 25.5 Å². The lowest BCUT2D eigenvalue weighted by molar-refractivity contribution is -0.126. The van der Waals surface area contributed by atoms with Crippen LogP contribution in [-0.2, 0) is 9.53 Å². The normalized spacial score (nSPS) is 11.8. The van der Waals surface area contributed by atoms with E-state index >= 15 is 0 Å². The summed E-state index contributed by atoms with van der Waals surface area (Å²) < 4.78 is 5.29. The van der Waals surface area contributed by atoms with Gasteiger partial charge in [0.15, 0.2) is 0 Å². The molecule has 17 heavy (non-hydrogen) atoms. The fourth-order valence-electron chi connectivity index (χ4n) is 1.22. The number of phenols is 1. The van der Waals surface area contributed by atoms with Gasteiger partial charge in [-0.2, -0.15) is 0 Å². The number of carbonyl (C=O) groups excluding carboxylic acids is 1. The van der Waals surface area contributed by atoms with Crippen LogP contribution in [0.2, 0.25) is 0 Å². The number of amides is 1. The maximum absolute atomic E-state index is 11.7. The van der Waals surface area contributed by atoms with Gasteiger partial charge in [-0.15, -0.1) is 6.58 Å². The van der Waals surface area contributed by atoms with Gasteiger partial charge >= 0.3 is 0 Å². The zero-order valence-corrected chi connectivity index (χ0v) is 9.85. The molecule has 0 aliphatic carbocycles. The number of para-hydroxylation sites is 2. The highest BCUT2D eigenvalue weighted by atomic mass is 16.5. The number of hydrogen-bond acceptors (Lipinski definition) is 3. The van der Waals surface area contributed by atoms with E-state index in [-0.39, 0.29) is 11.7 Å². The molecule has 0 fully saturated rings. The van der Waals surface area contributed by atoms with Gasteiger partial charge < -0.3 is 15.2 Å². The molecule has 1 aromatic carbocycles. The predicted octanol–water partition coefficient (Wildman–Crippen LogP) is 2.31. The van der Waals surface area contributed by atoms with Crippen LogP contribution in [0.15, 0.2) is 36.9 Å². The molecule has 0 radical (unpaired) electrons. The number of anilines is 1. The topological polar surface area (TPSA) is 58.6 Å². The Hall–Kier alpha value is -1.81. The van der Waals surface area contributed by atoms with Gasteiger partial charge in [-0.1, -0.05) is 18.2 Å². The molecule has 1 aromatic rings. The average molecular weight is 235 g/mol. The van der Waals surface area contributed by atoms with Crippen molar-refractivity contribution in [2.24, 2.45) is 0 Å². The van der Waals surface area contributed by atoms with Crippen molar-refractivity contribution in [3.8, 4) is 5.75 Å². The van der Waals surface area contributed by atoms with E-state index in [1.54, 1.807) is 31.2 Å². The molecule has 4 nitrogen and oxygen atoms in total. The zero-order chi connectivity index (χ0) is 12.7. The minimum Gasteiger partial charge on any atom is -0.506 e. The van der Waals surface area contributed by atoms with E-state index in [2.05, 4.69) is 11.9 Å². The number of carbonyl (C=O) groups is 1. The highest BCUT2D eigenvalue weighted by molar-refractivity contribution is 5.95. The Morgan fingerprint density at radius 2 is 2.29 bits per heavy atom. The van der Waals surface area contributed by atoms with Crippen LogP contribution in [0.1, 0.15) is 13.3 Å². The first-order valence-corrected chi connectivity index (χ1v) is 5.46.